The predicted molar refractivity (Wildman–Crippen MR) is 62.7 cm³/mol. The second kappa shape index (κ2) is 8.57. The lowest BCUT2D eigenvalue weighted by Gasteiger charge is -2.12. The number of carbonyl (C=O) groups excluding carboxylic acids is 3. The first-order valence-corrected chi connectivity index (χ1v) is 6.02. The van der Waals surface area contributed by atoms with E-state index in [4.69, 9.17) is 9.47 Å². The summed E-state index contributed by atoms with van der Waals surface area (Å²) in [5.41, 5.74) is 0. The van der Waals surface area contributed by atoms with Gasteiger partial charge in [0.25, 0.3) is 11.8 Å². The van der Waals surface area contributed by atoms with Crippen LogP contribution < -0.4 is 5.32 Å². The third-order valence-electron chi connectivity index (χ3n) is 2.29. The zero-order valence-electron chi connectivity index (χ0n) is 10.8. The molecule has 0 aromatic carbocycles. The zero-order chi connectivity index (χ0) is 14.1. The van der Waals surface area contributed by atoms with Gasteiger partial charge in [-0.25, -0.2) is 4.79 Å². The second-order valence-electron chi connectivity index (χ2n) is 3.81. The highest BCUT2D eigenvalue weighted by atomic mass is 16.7. The number of hydrogen-bond acceptors (Lipinski definition) is 7. The van der Waals surface area contributed by atoms with Crippen LogP contribution in [0.25, 0.3) is 0 Å². The Balaban J connectivity index is 2.05. The maximum atomic E-state index is 11.3. The minimum Gasteiger partial charge on any atom is -0.378 e. The van der Waals surface area contributed by atoms with Crippen molar-refractivity contribution >= 4 is 17.8 Å². The van der Waals surface area contributed by atoms with Gasteiger partial charge < -0.3 is 19.6 Å². The standard InChI is InChI=1S/C11H18N2O6/c1-12-4-5-17-6-7-18-8-11(16)19-13-9(14)2-3-10(13)15/h12H,2-8H2,1H3. The molecule has 1 rings (SSSR count). The van der Waals surface area contributed by atoms with Crippen LogP contribution in [0, 0.1) is 0 Å². The van der Waals surface area contributed by atoms with E-state index in [2.05, 4.69) is 10.2 Å². The van der Waals surface area contributed by atoms with Gasteiger partial charge in [-0.1, -0.05) is 0 Å². The van der Waals surface area contributed by atoms with Gasteiger partial charge in [-0.2, -0.15) is 0 Å². The number of imide groups is 1. The number of hydrogen-bond donors (Lipinski definition) is 1. The quantitative estimate of drug-likeness (QED) is 0.419. The molecule has 0 saturated carbocycles. The molecule has 0 radical (unpaired) electrons. The van der Waals surface area contributed by atoms with E-state index in [1.165, 1.54) is 0 Å². The summed E-state index contributed by atoms with van der Waals surface area (Å²) in [5, 5.41) is 3.41. The summed E-state index contributed by atoms with van der Waals surface area (Å²) < 4.78 is 10.2. The molecule has 19 heavy (non-hydrogen) atoms. The molecule has 1 N–H and O–H groups in total. The molecule has 2 amide bonds. The van der Waals surface area contributed by atoms with Gasteiger partial charge in [-0.15, -0.1) is 5.06 Å². The number of nitrogens with zero attached hydrogens (tertiary/aromatic N) is 1. The van der Waals surface area contributed by atoms with Crippen molar-refractivity contribution in [1.82, 2.24) is 10.4 Å². The number of ether oxygens (including phenoxy) is 2. The largest absolute Gasteiger partial charge is 0.378 e. The van der Waals surface area contributed by atoms with E-state index in [0.29, 0.717) is 18.3 Å². The van der Waals surface area contributed by atoms with E-state index in [-0.39, 0.29) is 26.1 Å². The molecule has 1 fully saturated rings. The Hall–Kier alpha value is -1.51. The van der Waals surface area contributed by atoms with Crippen LogP contribution in [0.1, 0.15) is 12.8 Å². The first-order chi connectivity index (χ1) is 9.15. The molecule has 8 heteroatoms. The molecule has 1 aliphatic rings. The van der Waals surface area contributed by atoms with Gasteiger partial charge in [0.15, 0.2) is 0 Å². The fourth-order valence-corrected chi connectivity index (χ4v) is 1.34. The SMILES string of the molecule is CNCCOCCOCC(=O)ON1C(=O)CCC1=O. The van der Waals surface area contributed by atoms with Crippen LogP contribution in [0.5, 0.6) is 0 Å². The van der Waals surface area contributed by atoms with Crippen LogP contribution in [0.2, 0.25) is 0 Å². The fraction of sp³-hybridized carbons (Fsp3) is 0.727. The molecule has 0 aromatic heterocycles. The third kappa shape index (κ3) is 5.77. The van der Waals surface area contributed by atoms with E-state index in [1.54, 1.807) is 0 Å². The average molecular weight is 274 g/mol. The molecule has 0 bridgehead atoms. The summed E-state index contributed by atoms with van der Waals surface area (Å²) in [6.45, 7) is 1.56. The number of rotatable bonds is 9. The summed E-state index contributed by atoms with van der Waals surface area (Å²) >= 11 is 0. The predicted octanol–water partition coefficient (Wildman–Crippen LogP) is -1.15. The lowest BCUT2D eigenvalue weighted by atomic mass is 10.4. The lowest BCUT2D eigenvalue weighted by molar-refractivity contribution is -0.200. The summed E-state index contributed by atoms with van der Waals surface area (Å²) in [5.74, 6) is -1.79. The average Bonchev–Trinajstić information content (AvgIpc) is 2.69. The summed E-state index contributed by atoms with van der Waals surface area (Å²) in [4.78, 5) is 38.2. The van der Waals surface area contributed by atoms with Crippen LogP contribution in [0.15, 0.2) is 0 Å². The number of nitrogens with one attached hydrogen (secondary N) is 1. The van der Waals surface area contributed by atoms with E-state index in [0.717, 1.165) is 6.54 Å². The minimum absolute atomic E-state index is 0.0757. The van der Waals surface area contributed by atoms with Crippen molar-refractivity contribution in [3.8, 4) is 0 Å². The van der Waals surface area contributed by atoms with Crippen molar-refractivity contribution < 1.29 is 28.7 Å². The fourth-order valence-electron chi connectivity index (χ4n) is 1.34. The van der Waals surface area contributed by atoms with E-state index >= 15 is 0 Å². The third-order valence-corrected chi connectivity index (χ3v) is 2.29. The first kappa shape index (κ1) is 15.5. The van der Waals surface area contributed by atoms with E-state index < -0.39 is 17.8 Å². The van der Waals surface area contributed by atoms with Gasteiger partial charge >= 0.3 is 5.97 Å². The molecule has 1 saturated heterocycles. The van der Waals surface area contributed by atoms with Gasteiger partial charge in [-0.05, 0) is 7.05 Å². The van der Waals surface area contributed by atoms with Crippen molar-refractivity contribution in [2.45, 2.75) is 12.8 Å². The maximum absolute atomic E-state index is 11.3. The number of likely N-dealkylation sites (N-methyl/N-ethyl adjacent to an activating group) is 1. The lowest BCUT2D eigenvalue weighted by Crippen LogP contribution is -2.33. The van der Waals surface area contributed by atoms with Crippen LogP contribution in [0.4, 0.5) is 0 Å². The monoisotopic (exact) mass is 274 g/mol. The van der Waals surface area contributed by atoms with Gasteiger partial charge in [0.05, 0.1) is 19.8 Å². The molecule has 0 aliphatic carbocycles. The van der Waals surface area contributed by atoms with E-state index in [1.807, 2.05) is 7.05 Å². The summed E-state index contributed by atoms with van der Waals surface area (Å²) in [7, 11) is 1.82. The van der Waals surface area contributed by atoms with Gasteiger partial charge in [0.1, 0.15) is 6.61 Å². The molecule has 1 aliphatic heterocycles. The Morgan fingerprint density at radius 1 is 1.16 bits per heavy atom. The second-order valence-corrected chi connectivity index (χ2v) is 3.81. The molecule has 0 spiro atoms. The van der Waals surface area contributed by atoms with Crippen LogP contribution >= 0.6 is 0 Å². The molecule has 1 heterocycles. The minimum atomic E-state index is -0.779. The van der Waals surface area contributed by atoms with Gasteiger partial charge in [-0.3, -0.25) is 9.59 Å². The van der Waals surface area contributed by atoms with Gasteiger partial charge in [0, 0.05) is 19.4 Å². The zero-order valence-corrected chi connectivity index (χ0v) is 10.8. The molecule has 0 unspecified atom stereocenters. The Bertz CT molecular complexity index is 317. The highest BCUT2D eigenvalue weighted by Gasteiger charge is 2.32. The first-order valence-electron chi connectivity index (χ1n) is 6.02. The van der Waals surface area contributed by atoms with Crippen molar-refractivity contribution in [3.63, 3.8) is 0 Å². The Kier molecular flexibility index (Phi) is 7.01. The molecule has 108 valence electrons. The van der Waals surface area contributed by atoms with Crippen LogP contribution in [-0.4, -0.2) is 62.9 Å². The topological polar surface area (TPSA) is 94.2 Å². The Morgan fingerprint density at radius 2 is 1.79 bits per heavy atom. The maximum Gasteiger partial charge on any atom is 0.358 e. The molecule has 0 atom stereocenters. The summed E-state index contributed by atoms with van der Waals surface area (Å²) in [6.07, 6.45) is 0.151. The summed E-state index contributed by atoms with van der Waals surface area (Å²) in [6, 6.07) is 0. The van der Waals surface area contributed by atoms with Gasteiger partial charge in [0.2, 0.25) is 0 Å². The smallest absolute Gasteiger partial charge is 0.358 e. The molecular formula is C11H18N2O6. The normalized spacial score (nSPS) is 15.1. The highest BCUT2D eigenvalue weighted by molar-refractivity contribution is 6.01. The number of carbonyl (C=O) groups is 3. The van der Waals surface area contributed by atoms with E-state index in [9.17, 15) is 14.4 Å². The molecular weight excluding hydrogens is 256 g/mol. The van der Waals surface area contributed by atoms with Crippen LogP contribution in [0.3, 0.4) is 0 Å². The van der Waals surface area contributed by atoms with Crippen molar-refractivity contribution in [2.24, 2.45) is 0 Å². The Morgan fingerprint density at radius 3 is 2.42 bits per heavy atom. The highest BCUT2D eigenvalue weighted by Crippen LogP contribution is 2.11. The molecule has 8 nitrogen and oxygen atoms in total. The van der Waals surface area contributed by atoms with Crippen molar-refractivity contribution in [2.75, 3.05) is 40.0 Å². The molecule has 0 aromatic rings. The van der Waals surface area contributed by atoms with Crippen LogP contribution in [-0.2, 0) is 28.7 Å². The van der Waals surface area contributed by atoms with Crippen molar-refractivity contribution in [1.29, 1.82) is 0 Å². The van der Waals surface area contributed by atoms with Crippen molar-refractivity contribution in [3.05, 3.63) is 0 Å². The number of amides is 2. The Labute approximate surface area is 110 Å². The number of hydroxylamine groups is 2.